The van der Waals surface area contributed by atoms with E-state index in [1.807, 2.05) is 0 Å². The van der Waals surface area contributed by atoms with Gasteiger partial charge >= 0.3 is 0 Å². The van der Waals surface area contributed by atoms with Crippen LogP contribution in [-0.2, 0) is 28.4 Å². The molecule has 15 atom stereocenters. The number of hydrogen-bond donors (Lipinski definition) is 9. The lowest BCUT2D eigenvalue weighted by molar-refractivity contribution is -0.357. The molecule has 0 aromatic carbocycles. The standard InChI is InChI=1S/C19H32O15/c20-1-5-14-15(33-19-12(26)11(25)9(23)6(2-21)31-19)8(4-29-14)32-18(5)34-16-10(24)7(3-22)30-17(28)13(16)27/h5-28H,1-4H2. The van der Waals surface area contributed by atoms with Crippen LogP contribution in [0.4, 0.5) is 0 Å². The van der Waals surface area contributed by atoms with Crippen molar-refractivity contribution in [2.75, 3.05) is 26.4 Å². The molecule has 0 spiro atoms. The van der Waals surface area contributed by atoms with Crippen LogP contribution in [0.25, 0.3) is 0 Å². The normalized spacial score (nSPS) is 53.7. The maximum absolute atomic E-state index is 10.4. The molecule has 15 nitrogen and oxygen atoms in total. The Kier molecular flexibility index (Phi) is 8.40. The van der Waals surface area contributed by atoms with Crippen molar-refractivity contribution in [3.05, 3.63) is 0 Å². The molecule has 9 N–H and O–H groups in total. The molecule has 4 aliphatic rings. The van der Waals surface area contributed by atoms with Gasteiger partial charge in [-0.15, -0.1) is 0 Å². The van der Waals surface area contributed by atoms with Crippen LogP contribution in [0, 0.1) is 5.92 Å². The molecule has 15 unspecified atom stereocenters. The van der Waals surface area contributed by atoms with Crippen LogP contribution in [0.2, 0.25) is 0 Å². The molecule has 4 saturated heterocycles. The summed E-state index contributed by atoms with van der Waals surface area (Å²) in [6, 6.07) is 0. The Morgan fingerprint density at radius 1 is 0.618 bits per heavy atom. The third kappa shape index (κ3) is 4.72. The number of rotatable bonds is 7. The van der Waals surface area contributed by atoms with Crippen molar-refractivity contribution in [1.82, 2.24) is 0 Å². The van der Waals surface area contributed by atoms with Crippen LogP contribution < -0.4 is 0 Å². The highest BCUT2D eigenvalue weighted by atomic mass is 16.8. The van der Waals surface area contributed by atoms with Crippen molar-refractivity contribution in [3.8, 4) is 0 Å². The average Bonchev–Trinajstić information content (AvgIpc) is 3.10. The van der Waals surface area contributed by atoms with Crippen molar-refractivity contribution < 1.29 is 74.4 Å². The first-order valence-electron chi connectivity index (χ1n) is 11.0. The summed E-state index contributed by atoms with van der Waals surface area (Å²) >= 11 is 0. The number of aliphatic hydroxyl groups is 9. The van der Waals surface area contributed by atoms with Crippen LogP contribution in [0.15, 0.2) is 0 Å². The third-order valence-corrected chi connectivity index (χ3v) is 6.71. The van der Waals surface area contributed by atoms with Crippen LogP contribution in [0.3, 0.4) is 0 Å². The molecular weight excluding hydrogens is 468 g/mol. The van der Waals surface area contributed by atoms with E-state index in [4.69, 9.17) is 28.4 Å². The van der Waals surface area contributed by atoms with Crippen molar-refractivity contribution in [1.29, 1.82) is 0 Å². The minimum Gasteiger partial charge on any atom is -0.396 e. The Morgan fingerprint density at radius 2 is 1.26 bits per heavy atom. The Hall–Kier alpha value is -0.600. The molecule has 0 aromatic rings. The second kappa shape index (κ2) is 10.8. The summed E-state index contributed by atoms with van der Waals surface area (Å²) in [4.78, 5) is 0. The van der Waals surface area contributed by atoms with E-state index in [1.54, 1.807) is 0 Å². The second-order valence-electron chi connectivity index (χ2n) is 8.81. The first-order valence-corrected chi connectivity index (χ1v) is 11.0. The summed E-state index contributed by atoms with van der Waals surface area (Å²) < 4.78 is 33.3. The summed E-state index contributed by atoms with van der Waals surface area (Å²) in [5, 5.41) is 89.4. The van der Waals surface area contributed by atoms with E-state index in [9.17, 15) is 46.0 Å². The molecule has 4 fully saturated rings. The Bertz CT molecular complexity index is 668. The van der Waals surface area contributed by atoms with E-state index in [0.29, 0.717) is 0 Å². The van der Waals surface area contributed by atoms with Gasteiger partial charge in [0.15, 0.2) is 18.9 Å². The molecular formula is C19H32O15. The summed E-state index contributed by atoms with van der Waals surface area (Å²) in [5.74, 6) is -0.916. The predicted molar refractivity (Wildman–Crippen MR) is 102 cm³/mol. The maximum atomic E-state index is 10.4. The van der Waals surface area contributed by atoms with Gasteiger partial charge in [-0.1, -0.05) is 0 Å². The SMILES string of the molecule is OCC1OC(OC2C3COC2C(CO)C(OC2C(O)C(O)OC(CO)C2O)O3)C(O)C(O)C1O. The zero-order chi connectivity index (χ0) is 24.7. The second-order valence-corrected chi connectivity index (χ2v) is 8.81. The van der Waals surface area contributed by atoms with E-state index in [-0.39, 0.29) is 6.61 Å². The molecule has 0 radical (unpaired) electrons. The highest BCUT2D eigenvalue weighted by molar-refractivity contribution is 4.99. The van der Waals surface area contributed by atoms with Gasteiger partial charge in [-0.2, -0.15) is 0 Å². The highest BCUT2D eigenvalue weighted by Crippen LogP contribution is 2.39. The van der Waals surface area contributed by atoms with Gasteiger partial charge in [-0.05, 0) is 0 Å². The molecule has 4 aliphatic heterocycles. The van der Waals surface area contributed by atoms with E-state index >= 15 is 0 Å². The van der Waals surface area contributed by atoms with Crippen molar-refractivity contribution in [2.45, 2.75) is 86.0 Å². The molecule has 0 amide bonds. The molecule has 4 rings (SSSR count). The number of hydrogen-bond acceptors (Lipinski definition) is 15. The molecule has 198 valence electrons. The van der Waals surface area contributed by atoms with Gasteiger partial charge in [0.05, 0.1) is 38.4 Å². The van der Waals surface area contributed by atoms with Gasteiger partial charge in [0.25, 0.3) is 0 Å². The Morgan fingerprint density at radius 3 is 1.91 bits per heavy atom. The third-order valence-electron chi connectivity index (χ3n) is 6.71. The fourth-order valence-electron chi connectivity index (χ4n) is 4.72. The van der Waals surface area contributed by atoms with Crippen molar-refractivity contribution in [2.24, 2.45) is 5.92 Å². The molecule has 0 saturated carbocycles. The van der Waals surface area contributed by atoms with Gasteiger partial charge in [0, 0.05) is 0 Å². The monoisotopic (exact) mass is 500 g/mol. The minimum atomic E-state index is -1.74. The molecule has 15 heteroatoms. The highest BCUT2D eigenvalue weighted by Gasteiger charge is 2.56. The summed E-state index contributed by atoms with van der Waals surface area (Å²) in [6.45, 7) is -1.84. The average molecular weight is 500 g/mol. The van der Waals surface area contributed by atoms with Crippen LogP contribution in [0.1, 0.15) is 0 Å². The van der Waals surface area contributed by atoms with E-state index in [2.05, 4.69) is 0 Å². The molecule has 2 bridgehead atoms. The zero-order valence-corrected chi connectivity index (χ0v) is 18.0. The lowest BCUT2D eigenvalue weighted by atomic mass is 9.92. The first kappa shape index (κ1) is 26.5. The topological polar surface area (TPSA) is 237 Å². The van der Waals surface area contributed by atoms with Crippen LogP contribution in [-0.4, -0.2) is 158 Å². The number of aliphatic hydroxyl groups excluding tert-OH is 9. The van der Waals surface area contributed by atoms with Gasteiger partial charge in [-0.25, -0.2) is 0 Å². The largest absolute Gasteiger partial charge is 0.396 e. The maximum Gasteiger partial charge on any atom is 0.187 e. The van der Waals surface area contributed by atoms with Crippen LogP contribution in [0.5, 0.6) is 0 Å². The Balaban J connectivity index is 1.46. The van der Waals surface area contributed by atoms with E-state index in [0.717, 1.165) is 0 Å². The zero-order valence-electron chi connectivity index (χ0n) is 18.0. The number of ether oxygens (including phenoxy) is 6. The predicted octanol–water partition coefficient (Wildman–Crippen LogP) is -6.28. The van der Waals surface area contributed by atoms with Gasteiger partial charge in [0.1, 0.15) is 61.0 Å². The summed E-state index contributed by atoms with van der Waals surface area (Å²) in [7, 11) is 0. The van der Waals surface area contributed by atoms with Crippen molar-refractivity contribution >= 4 is 0 Å². The van der Waals surface area contributed by atoms with E-state index < -0.39 is 112 Å². The quantitative estimate of drug-likeness (QED) is 0.158. The lowest BCUT2D eigenvalue weighted by Crippen LogP contribution is -2.64. The minimum absolute atomic E-state index is 0.0100. The van der Waals surface area contributed by atoms with Gasteiger partial charge < -0.3 is 74.4 Å². The first-order chi connectivity index (χ1) is 16.2. The summed E-state index contributed by atoms with van der Waals surface area (Å²) in [6.07, 6.45) is -18.9. The Labute approximate surface area is 193 Å². The van der Waals surface area contributed by atoms with Gasteiger partial charge in [0.2, 0.25) is 0 Å². The van der Waals surface area contributed by atoms with Gasteiger partial charge in [-0.3, -0.25) is 0 Å². The fourth-order valence-corrected chi connectivity index (χ4v) is 4.72. The molecule has 0 aromatic heterocycles. The van der Waals surface area contributed by atoms with Crippen LogP contribution >= 0.6 is 0 Å². The number of fused-ring (bicyclic) bond motifs is 2. The molecule has 0 aliphatic carbocycles. The molecule has 34 heavy (non-hydrogen) atoms. The fraction of sp³-hybridized carbons (Fsp3) is 1.00. The lowest BCUT2D eigenvalue weighted by Gasteiger charge is -2.46. The van der Waals surface area contributed by atoms with Crippen molar-refractivity contribution in [3.63, 3.8) is 0 Å². The smallest absolute Gasteiger partial charge is 0.187 e. The molecule has 4 heterocycles. The van der Waals surface area contributed by atoms with E-state index in [1.165, 1.54) is 0 Å². The summed E-state index contributed by atoms with van der Waals surface area (Å²) in [5.41, 5.74) is 0.